The molecule has 6 nitrogen and oxygen atoms in total. The maximum atomic E-state index is 8.98. The number of hydrogen-bond donors (Lipinski definition) is 2. The van der Waals surface area contributed by atoms with Crippen molar-refractivity contribution in [1.29, 1.82) is 0 Å². The Labute approximate surface area is 140 Å². The third-order valence-electron chi connectivity index (χ3n) is 4.67. The van der Waals surface area contributed by atoms with Crippen LogP contribution in [0, 0.1) is 0 Å². The fourth-order valence-corrected chi connectivity index (χ4v) is 3.55. The molecular formula is C18H22N4O2. The molecule has 1 aliphatic carbocycles. The van der Waals surface area contributed by atoms with Gasteiger partial charge in [-0.25, -0.2) is 9.97 Å². The number of hydrogen-bond acceptors (Lipinski definition) is 5. The first kappa shape index (κ1) is 15.2. The standard InChI is InChI=1S/C18H22N4O2/c23-11-4-9-19-17-16-14(8-10-20-17)22(13-5-1-2-6-13)18(21-16)15-7-3-12-24-15/h3,7-8,10,12-13,23H,1-2,4-6,9,11H2,(H,19,20). The van der Waals surface area contributed by atoms with Gasteiger partial charge in [-0.05, 0) is 37.5 Å². The summed E-state index contributed by atoms with van der Waals surface area (Å²) in [5, 5.41) is 12.3. The van der Waals surface area contributed by atoms with Gasteiger partial charge >= 0.3 is 0 Å². The zero-order valence-electron chi connectivity index (χ0n) is 13.6. The van der Waals surface area contributed by atoms with Crippen LogP contribution in [0.5, 0.6) is 0 Å². The number of rotatable bonds is 6. The Morgan fingerprint density at radius 3 is 2.92 bits per heavy atom. The summed E-state index contributed by atoms with van der Waals surface area (Å²) in [6.07, 6.45) is 9.06. The first-order chi connectivity index (χ1) is 11.9. The van der Waals surface area contributed by atoms with Crippen LogP contribution in [0.4, 0.5) is 5.82 Å². The smallest absolute Gasteiger partial charge is 0.177 e. The van der Waals surface area contributed by atoms with E-state index >= 15 is 0 Å². The van der Waals surface area contributed by atoms with Gasteiger partial charge in [-0.2, -0.15) is 0 Å². The molecular weight excluding hydrogens is 304 g/mol. The largest absolute Gasteiger partial charge is 0.461 e. The van der Waals surface area contributed by atoms with E-state index in [1.165, 1.54) is 25.7 Å². The highest BCUT2D eigenvalue weighted by molar-refractivity contribution is 5.89. The van der Waals surface area contributed by atoms with Crippen LogP contribution < -0.4 is 5.32 Å². The molecule has 4 rings (SSSR count). The summed E-state index contributed by atoms with van der Waals surface area (Å²) in [4.78, 5) is 9.30. The van der Waals surface area contributed by atoms with Crippen LogP contribution in [0.25, 0.3) is 22.6 Å². The van der Waals surface area contributed by atoms with E-state index in [1.54, 1.807) is 6.26 Å². The fourth-order valence-electron chi connectivity index (χ4n) is 3.55. The highest BCUT2D eigenvalue weighted by Gasteiger charge is 2.25. The molecule has 1 saturated carbocycles. The van der Waals surface area contributed by atoms with E-state index < -0.39 is 0 Å². The van der Waals surface area contributed by atoms with Crippen molar-refractivity contribution in [2.75, 3.05) is 18.5 Å². The van der Waals surface area contributed by atoms with E-state index in [-0.39, 0.29) is 6.61 Å². The van der Waals surface area contributed by atoms with Gasteiger partial charge in [0.1, 0.15) is 5.52 Å². The van der Waals surface area contributed by atoms with E-state index in [0.29, 0.717) is 19.0 Å². The van der Waals surface area contributed by atoms with Gasteiger partial charge in [0, 0.05) is 25.4 Å². The molecule has 0 aliphatic heterocycles. The van der Waals surface area contributed by atoms with Crippen molar-refractivity contribution in [2.24, 2.45) is 0 Å². The molecule has 0 unspecified atom stereocenters. The van der Waals surface area contributed by atoms with Gasteiger partial charge in [-0.15, -0.1) is 0 Å². The summed E-state index contributed by atoms with van der Waals surface area (Å²) < 4.78 is 7.95. The number of furan rings is 1. The number of aromatic nitrogens is 3. The lowest BCUT2D eigenvalue weighted by Gasteiger charge is -2.15. The van der Waals surface area contributed by atoms with Crippen molar-refractivity contribution < 1.29 is 9.52 Å². The monoisotopic (exact) mass is 326 g/mol. The molecule has 1 fully saturated rings. The predicted molar refractivity (Wildman–Crippen MR) is 92.9 cm³/mol. The van der Waals surface area contributed by atoms with Crippen LogP contribution >= 0.6 is 0 Å². The van der Waals surface area contributed by atoms with Crippen LogP contribution in [-0.4, -0.2) is 32.8 Å². The minimum absolute atomic E-state index is 0.164. The summed E-state index contributed by atoms with van der Waals surface area (Å²) in [5.74, 6) is 2.44. The second-order valence-corrected chi connectivity index (χ2v) is 6.25. The van der Waals surface area contributed by atoms with Gasteiger partial charge in [0.05, 0.1) is 11.8 Å². The third-order valence-corrected chi connectivity index (χ3v) is 4.67. The molecule has 0 aromatic carbocycles. The molecule has 3 heterocycles. The molecule has 0 amide bonds. The molecule has 0 radical (unpaired) electrons. The molecule has 126 valence electrons. The minimum Gasteiger partial charge on any atom is -0.461 e. The normalized spacial score (nSPS) is 15.4. The van der Waals surface area contributed by atoms with E-state index in [4.69, 9.17) is 14.5 Å². The fraction of sp³-hybridized carbons (Fsp3) is 0.444. The van der Waals surface area contributed by atoms with Gasteiger partial charge in [-0.3, -0.25) is 0 Å². The van der Waals surface area contributed by atoms with E-state index in [0.717, 1.165) is 28.4 Å². The van der Waals surface area contributed by atoms with Gasteiger partial charge in [0.2, 0.25) is 0 Å². The molecule has 6 heteroatoms. The number of pyridine rings is 1. The summed E-state index contributed by atoms with van der Waals surface area (Å²) >= 11 is 0. The average molecular weight is 326 g/mol. The number of nitrogens with one attached hydrogen (secondary N) is 1. The first-order valence-corrected chi connectivity index (χ1v) is 8.64. The molecule has 24 heavy (non-hydrogen) atoms. The summed E-state index contributed by atoms with van der Waals surface area (Å²) in [5.41, 5.74) is 1.96. The Hall–Kier alpha value is -2.34. The number of imidazole rings is 1. The van der Waals surface area contributed by atoms with Crippen molar-refractivity contribution in [3.8, 4) is 11.6 Å². The van der Waals surface area contributed by atoms with Crippen molar-refractivity contribution in [2.45, 2.75) is 38.1 Å². The second-order valence-electron chi connectivity index (χ2n) is 6.25. The summed E-state index contributed by atoms with van der Waals surface area (Å²) in [7, 11) is 0. The van der Waals surface area contributed by atoms with Crippen molar-refractivity contribution in [1.82, 2.24) is 14.5 Å². The number of aliphatic hydroxyl groups is 1. The Morgan fingerprint density at radius 1 is 1.29 bits per heavy atom. The maximum Gasteiger partial charge on any atom is 0.177 e. The summed E-state index contributed by atoms with van der Waals surface area (Å²) in [6.45, 7) is 0.839. The topological polar surface area (TPSA) is 76.1 Å². The van der Waals surface area contributed by atoms with Crippen LogP contribution in [0.1, 0.15) is 38.1 Å². The Balaban J connectivity index is 1.83. The van der Waals surface area contributed by atoms with Gasteiger partial charge in [-0.1, -0.05) is 12.8 Å². The molecule has 1 aliphatic rings. The zero-order chi connectivity index (χ0) is 16.4. The van der Waals surface area contributed by atoms with Crippen LogP contribution in [0.2, 0.25) is 0 Å². The minimum atomic E-state index is 0.164. The van der Waals surface area contributed by atoms with E-state index in [2.05, 4.69) is 14.9 Å². The van der Waals surface area contributed by atoms with E-state index in [9.17, 15) is 0 Å². The Morgan fingerprint density at radius 2 is 2.17 bits per heavy atom. The molecule has 0 saturated heterocycles. The van der Waals surface area contributed by atoms with E-state index in [1.807, 2.05) is 24.4 Å². The Bertz CT molecular complexity index is 804. The lowest BCUT2D eigenvalue weighted by Crippen LogP contribution is -2.07. The molecule has 0 spiro atoms. The Kier molecular flexibility index (Phi) is 4.21. The zero-order valence-corrected chi connectivity index (χ0v) is 13.6. The third kappa shape index (κ3) is 2.67. The molecule has 2 N–H and O–H groups in total. The maximum absolute atomic E-state index is 8.98. The highest BCUT2D eigenvalue weighted by Crippen LogP contribution is 2.38. The van der Waals surface area contributed by atoms with Crippen molar-refractivity contribution in [3.05, 3.63) is 30.7 Å². The lowest BCUT2D eigenvalue weighted by molar-refractivity contribution is 0.292. The summed E-state index contributed by atoms with van der Waals surface area (Å²) in [6, 6.07) is 6.35. The van der Waals surface area contributed by atoms with Gasteiger partial charge in [0.25, 0.3) is 0 Å². The quantitative estimate of drug-likeness (QED) is 0.677. The molecule has 3 aromatic heterocycles. The predicted octanol–water partition coefficient (Wildman–Crippen LogP) is 3.60. The van der Waals surface area contributed by atoms with Crippen LogP contribution in [0.3, 0.4) is 0 Å². The molecule has 0 bridgehead atoms. The highest BCUT2D eigenvalue weighted by atomic mass is 16.3. The van der Waals surface area contributed by atoms with Crippen LogP contribution in [-0.2, 0) is 0 Å². The number of anilines is 1. The SMILES string of the molecule is OCCCNc1nccc2c1nc(-c1ccco1)n2C1CCCC1. The average Bonchev–Trinajstić information content (AvgIpc) is 3.34. The van der Waals surface area contributed by atoms with Gasteiger partial charge < -0.3 is 19.4 Å². The van der Waals surface area contributed by atoms with Crippen LogP contribution in [0.15, 0.2) is 35.1 Å². The molecule has 0 atom stereocenters. The van der Waals surface area contributed by atoms with Gasteiger partial charge in [0.15, 0.2) is 17.4 Å². The second kappa shape index (κ2) is 6.65. The van der Waals surface area contributed by atoms with Crippen molar-refractivity contribution in [3.63, 3.8) is 0 Å². The molecule has 3 aromatic rings. The van der Waals surface area contributed by atoms with Crippen molar-refractivity contribution >= 4 is 16.9 Å². The number of aliphatic hydroxyl groups excluding tert-OH is 1. The number of fused-ring (bicyclic) bond motifs is 1. The first-order valence-electron chi connectivity index (χ1n) is 8.64. The lowest BCUT2D eigenvalue weighted by atomic mass is 10.2. The number of nitrogens with zero attached hydrogens (tertiary/aromatic N) is 3.